The third-order valence-electron chi connectivity index (χ3n) is 2.50. The average Bonchev–Trinajstić information content (AvgIpc) is 2.20. The predicted octanol–water partition coefficient (Wildman–Crippen LogP) is 1.17. The fourth-order valence-electron chi connectivity index (χ4n) is 1.69. The molecule has 0 amide bonds. The van der Waals surface area contributed by atoms with Gasteiger partial charge >= 0.3 is 0 Å². The number of nitrogens with zero attached hydrogens (tertiary/aromatic N) is 1. The first-order chi connectivity index (χ1) is 7.02. The van der Waals surface area contributed by atoms with Crippen molar-refractivity contribution in [3.63, 3.8) is 0 Å². The molecular formula is C11H18N2O2. The number of pyridine rings is 1. The summed E-state index contributed by atoms with van der Waals surface area (Å²) < 4.78 is 0. The molecule has 0 aromatic carbocycles. The number of aromatic hydroxyl groups is 1. The van der Waals surface area contributed by atoms with E-state index in [4.69, 9.17) is 5.73 Å². The van der Waals surface area contributed by atoms with E-state index in [1.807, 2.05) is 13.8 Å². The molecule has 1 heterocycles. The molecule has 0 saturated heterocycles. The van der Waals surface area contributed by atoms with Gasteiger partial charge in [0.25, 0.3) is 0 Å². The molecule has 0 spiro atoms. The Kier molecular flexibility index (Phi) is 3.66. The number of aliphatic hydroxyl groups is 1. The summed E-state index contributed by atoms with van der Waals surface area (Å²) in [6, 6.07) is 0. The van der Waals surface area contributed by atoms with Gasteiger partial charge in [0.05, 0.1) is 12.3 Å². The fraction of sp³-hybridized carbons (Fsp3) is 0.545. The maximum Gasteiger partial charge on any atom is 0.141 e. The third kappa shape index (κ3) is 2.11. The Morgan fingerprint density at radius 2 is 1.93 bits per heavy atom. The highest BCUT2D eigenvalue weighted by Gasteiger charge is 2.17. The third-order valence-corrected chi connectivity index (χ3v) is 2.50. The lowest BCUT2D eigenvalue weighted by Gasteiger charge is -2.16. The van der Waals surface area contributed by atoms with E-state index >= 15 is 0 Å². The van der Waals surface area contributed by atoms with Gasteiger partial charge in [0.1, 0.15) is 5.75 Å². The molecule has 0 fully saturated rings. The van der Waals surface area contributed by atoms with E-state index in [-0.39, 0.29) is 24.8 Å². The van der Waals surface area contributed by atoms with Gasteiger partial charge in [0.2, 0.25) is 0 Å². The molecule has 1 rings (SSSR count). The zero-order valence-corrected chi connectivity index (χ0v) is 9.41. The van der Waals surface area contributed by atoms with Crippen LogP contribution < -0.4 is 5.73 Å². The summed E-state index contributed by atoms with van der Waals surface area (Å²) in [6.45, 7) is 5.81. The molecule has 4 nitrogen and oxygen atoms in total. The van der Waals surface area contributed by atoms with Crippen LogP contribution in [-0.2, 0) is 13.2 Å². The van der Waals surface area contributed by atoms with Gasteiger partial charge in [0.15, 0.2) is 0 Å². The van der Waals surface area contributed by atoms with Gasteiger partial charge in [0, 0.05) is 23.4 Å². The Bertz CT molecular complexity index is 362. The van der Waals surface area contributed by atoms with E-state index in [0.29, 0.717) is 16.8 Å². The molecule has 0 saturated carbocycles. The largest absolute Gasteiger partial charge is 0.506 e. The highest BCUT2D eigenvalue weighted by atomic mass is 16.3. The minimum absolute atomic E-state index is 0.103. The lowest BCUT2D eigenvalue weighted by atomic mass is 9.98. The van der Waals surface area contributed by atoms with Crippen molar-refractivity contribution in [1.29, 1.82) is 0 Å². The van der Waals surface area contributed by atoms with Crippen molar-refractivity contribution in [2.75, 3.05) is 0 Å². The SMILES string of the molecule is Cc1nc(C(C)C)c(CO)c(CN)c1O. The van der Waals surface area contributed by atoms with Crippen molar-refractivity contribution in [2.24, 2.45) is 5.73 Å². The van der Waals surface area contributed by atoms with Gasteiger partial charge in [-0.25, -0.2) is 0 Å². The quantitative estimate of drug-likeness (QED) is 0.699. The molecule has 84 valence electrons. The summed E-state index contributed by atoms with van der Waals surface area (Å²) in [5.74, 6) is 0.308. The summed E-state index contributed by atoms with van der Waals surface area (Å²) >= 11 is 0. The summed E-state index contributed by atoms with van der Waals surface area (Å²) in [5.41, 5.74) is 8.21. The van der Waals surface area contributed by atoms with Crippen LogP contribution in [0.5, 0.6) is 5.75 Å². The van der Waals surface area contributed by atoms with Crippen molar-refractivity contribution < 1.29 is 10.2 Å². The Morgan fingerprint density at radius 3 is 2.33 bits per heavy atom. The molecule has 0 unspecified atom stereocenters. The average molecular weight is 210 g/mol. The van der Waals surface area contributed by atoms with E-state index in [1.165, 1.54) is 0 Å². The number of aliphatic hydroxyl groups excluding tert-OH is 1. The van der Waals surface area contributed by atoms with Gasteiger partial charge in [-0.2, -0.15) is 0 Å². The van der Waals surface area contributed by atoms with Crippen LogP contribution in [0.2, 0.25) is 0 Å². The second kappa shape index (κ2) is 4.59. The van der Waals surface area contributed by atoms with Gasteiger partial charge < -0.3 is 15.9 Å². The van der Waals surface area contributed by atoms with Gasteiger partial charge in [-0.3, -0.25) is 4.98 Å². The highest BCUT2D eigenvalue weighted by Crippen LogP contribution is 2.29. The zero-order chi connectivity index (χ0) is 11.6. The van der Waals surface area contributed by atoms with E-state index in [2.05, 4.69) is 4.98 Å². The summed E-state index contributed by atoms with van der Waals surface area (Å²) in [6.07, 6.45) is 0. The van der Waals surface area contributed by atoms with Crippen LogP contribution in [0.4, 0.5) is 0 Å². The second-order valence-electron chi connectivity index (χ2n) is 3.91. The number of rotatable bonds is 3. The maximum atomic E-state index is 9.76. The fourth-order valence-corrected chi connectivity index (χ4v) is 1.69. The molecule has 4 N–H and O–H groups in total. The zero-order valence-electron chi connectivity index (χ0n) is 9.41. The van der Waals surface area contributed by atoms with Crippen molar-refractivity contribution >= 4 is 0 Å². The number of hydrogen-bond acceptors (Lipinski definition) is 4. The van der Waals surface area contributed by atoms with Crippen LogP contribution in [0.25, 0.3) is 0 Å². The maximum absolute atomic E-state index is 9.76. The van der Waals surface area contributed by atoms with Crippen LogP contribution >= 0.6 is 0 Å². The standard InChI is InChI=1S/C11H18N2O2/c1-6(2)10-9(5-14)8(4-12)11(15)7(3)13-10/h6,14-15H,4-5,12H2,1-3H3. The first kappa shape index (κ1) is 11.9. The minimum atomic E-state index is -0.138. The topological polar surface area (TPSA) is 79.4 Å². The van der Waals surface area contributed by atoms with Gasteiger partial charge in [-0.05, 0) is 12.8 Å². The highest BCUT2D eigenvalue weighted by molar-refractivity contribution is 5.44. The van der Waals surface area contributed by atoms with Crippen molar-refractivity contribution in [3.05, 3.63) is 22.5 Å². The van der Waals surface area contributed by atoms with Crippen molar-refractivity contribution in [2.45, 2.75) is 39.8 Å². The molecule has 15 heavy (non-hydrogen) atoms. The molecule has 4 heteroatoms. The summed E-state index contributed by atoms with van der Waals surface area (Å²) in [4.78, 5) is 4.29. The van der Waals surface area contributed by atoms with Crippen molar-refractivity contribution in [3.8, 4) is 5.75 Å². The molecule has 1 aromatic rings. The van der Waals surface area contributed by atoms with Gasteiger partial charge in [-0.15, -0.1) is 0 Å². The lowest BCUT2D eigenvalue weighted by molar-refractivity contribution is 0.277. The van der Waals surface area contributed by atoms with Crippen LogP contribution in [0.1, 0.15) is 42.3 Å². The van der Waals surface area contributed by atoms with Crippen LogP contribution in [0.15, 0.2) is 0 Å². The van der Waals surface area contributed by atoms with Crippen LogP contribution in [0.3, 0.4) is 0 Å². The molecule has 0 aliphatic carbocycles. The normalized spacial score (nSPS) is 11.1. The number of aromatic nitrogens is 1. The first-order valence-electron chi connectivity index (χ1n) is 5.05. The molecular weight excluding hydrogens is 192 g/mol. The predicted molar refractivity (Wildman–Crippen MR) is 58.5 cm³/mol. The first-order valence-corrected chi connectivity index (χ1v) is 5.05. The van der Waals surface area contributed by atoms with E-state index in [0.717, 1.165) is 5.69 Å². The molecule has 0 aliphatic rings. The lowest BCUT2D eigenvalue weighted by Crippen LogP contribution is -2.10. The van der Waals surface area contributed by atoms with Crippen LogP contribution in [-0.4, -0.2) is 15.2 Å². The minimum Gasteiger partial charge on any atom is -0.506 e. The van der Waals surface area contributed by atoms with E-state index < -0.39 is 0 Å². The molecule has 0 aliphatic heterocycles. The molecule has 0 radical (unpaired) electrons. The van der Waals surface area contributed by atoms with E-state index in [1.54, 1.807) is 6.92 Å². The Labute approximate surface area is 89.8 Å². The monoisotopic (exact) mass is 210 g/mol. The second-order valence-corrected chi connectivity index (χ2v) is 3.91. The summed E-state index contributed by atoms with van der Waals surface area (Å²) in [5, 5.41) is 19.1. The molecule has 0 atom stereocenters. The Balaban J connectivity index is 3.47. The Hall–Kier alpha value is -1.13. The molecule has 0 bridgehead atoms. The number of nitrogens with two attached hydrogens (primary N) is 1. The summed E-state index contributed by atoms with van der Waals surface area (Å²) in [7, 11) is 0. The van der Waals surface area contributed by atoms with Crippen LogP contribution in [0, 0.1) is 6.92 Å². The van der Waals surface area contributed by atoms with Crippen molar-refractivity contribution in [1.82, 2.24) is 4.98 Å². The Morgan fingerprint density at radius 1 is 1.33 bits per heavy atom. The van der Waals surface area contributed by atoms with E-state index in [9.17, 15) is 10.2 Å². The number of hydrogen-bond donors (Lipinski definition) is 3. The van der Waals surface area contributed by atoms with Gasteiger partial charge in [-0.1, -0.05) is 13.8 Å². The smallest absolute Gasteiger partial charge is 0.141 e. The molecule has 1 aromatic heterocycles. The number of aryl methyl sites for hydroxylation is 1.